The molecule has 0 saturated carbocycles. The standard InChI is InChI=1S/C10H13F7/c1-2-3-4-5-6-7-8(11,9(12,13)14)10(15,16)17/h2-3H,4-7H2,1H3/b3-2+. The van der Waals surface area contributed by atoms with Crippen LogP contribution in [-0.2, 0) is 0 Å². The lowest BCUT2D eigenvalue weighted by Crippen LogP contribution is -2.53. The predicted octanol–water partition coefficient (Wildman–Crippen LogP) is 4.96. The number of rotatable bonds is 5. The third-order valence-corrected chi connectivity index (χ3v) is 2.28. The molecule has 0 aliphatic heterocycles. The van der Waals surface area contributed by atoms with E-state index < -0.39 is 30.9 Å². The zero-order valence-electron chi connectivity index (χ0n) is 9.13. The van der Waals surface area contributed by atoms with Crippen molar-refractivity contribution in [3.8, 4) is 0 Å². The maximum absolute atomic E-state index is 13.0. The lowest BCUT2D eigenvalue weighted by molar-refractivity contribution is -0.343. The van der Waals surface area contributed by atoms with Crippen LogP contribution in [0.25, 0.3) is 0 Å². The maximum atomic E-state index is 13.0. The van der Waals surface area contributed by atoms with Crippen molar-refractivity contribution in [2.45, 2.75) is 50.6 Å². The number of hydrogen-bond acceptors (Lipinski definition) is 0. The van der Waals surface area contributed by atoms with Crippen molar-refractivity contribution in [3.05, 3.63) is 12.2 Å². The SMILES string of the molecule is C/C=C/CCCCC(F)(C(F)(F)F)C(F)(F)F. The van der Waals surface area contributed by atoms with Crippen LogP contribution in [0.4, 0.5) is 30.7 Å². The minimum absolute atomic E-state index is 0.0855. The van der Waals surface area contributed by atoms with E-state index in [0.29, 0.717) is 6.42 Å². The lowest BCUT2D eigenvalue weighted by atomic mass is 9.96. The van der Waals surface area contributed by atoms with Crippen molar-refractivity contribution in [2.75, 3.05) is 0 Å². The van der Waals surface area contributed by atoms with Crippen molar-refractivity contribution >= 4 is 0 Å². The Morgan fingerprint density at radius 3 is 1.65 bits per heavy atom. The van der Waals surface area contributed by atoms with Crippen LogP contribution < -0.4 is 0 Å². The minimum Gasteiger partial charge on any atom is -0.224 e. The van der Waals surface area contributed by atoms with Crippen molar-refractivity contribution in [1.82, 2.24) is 0 Å². The number of halogens is 7. The third kappa shape index (κ3) is 4.20. The van der Waals surface area contributed by atoms with E-state index in [1.165, 1.54) is 0 Å². The monoisotopic (exact) mass is 266 g/mol. The molecule has 7 heteroatoms. The van der Waals surface area contributed by atoms with Gasteiger partial charge in [0.05, 0.1) is 0 Å². The number of hydrogen-bond donors (Lipinski definition) is 0. The molecule has 0 atom stereocenters. The molecule has 0 fully saturated rings. The van der Waals surface area contributed by atoms with E-state index in [-0.39, 0.29) is 6.42 Å². The van der Waals surface area contributed by atoms with E-state index in [0.717, 1.165) is 0 Å². The van der Waals surface area contributed by atoms with Gasteiger partial charge in [-0.25, -0.2) is 4.39 Å². The zero-order valence-corrected chi connectivity index (χ0v) is 9.13. The van der Waals surface area contributed by atoms with E-state index in [1.54, 1.807) is 19.1 Å². The van der Waals surface area contributed by atoms with Crippen LogP contribution >= 0.6 is 0 Å². The first kappa shape index (κ1) is 16.2. The number of unbranched alkanes of at least 4 members (excludes halogenated alkanes) is 2. The van der Waals surface area contributed by atoms with Crippen LogP contribution in [-0.4, -0.2) is 18.0 Å². The van der Waals surface area contributed by atoms with Gasteiger partial charge in [-0.3, -0.25) is 0 Å². The maximum Gasteiger partial charge on any atom is 0.431 e. The van der Waals surface area contributed by atoms with E-state index in [4.69, 9.17) is 0 Å². The molecule has 0 aliphatic carbocycles. The van der Waals surface area contributed by atoms with Crippen molar-refractivity contribution in [1.29, 1.82) is 0 Å². The van der Waals surface area contributed by atoms with Crippen LogP contribution in [0.15, 0.2) is 12.2 Å². The van der Waals surface area contributed by atoms with Crippen molar-refractivity contribution < 1.29 is 30.7 Å². The van der Waals surface area contributed by atoms with Gasteiger partial charge in [-0.15, -0.1) is 0 Å². The van der Waals surface area contributed by atoms with Crippen LogP contribution in [0.1, 0.15) is 32.6 Å². The Kier molecular flexibility index (Phi) is 5.48. The fraction of sp³-hybridized carbons (Fsp3) is 0.800. The predicted molar refractivity (Wildman–Crippen MR) is 49.2 cm³/mol. The topological polar surface area (TPSA) is 0 Å². The molecule has 0 aliphatic rings. The molecule has 17 heavy (non-hydrogen) atoms. The molecule has 102 valence electrons. The summed E-state index contributed by atoms with van der Waals surface area (Å²) in [5.74, 6) is 0. The van der Waals surface area contributed by atoms with E-state index in [9.17, 15) is 30.7 Å². The van der Waals surface area contributed by atoms with Crippen molar-refractivity contribution in [3.63, 3.8) is 0 Å². The van der Waals surface area contributed by atoms with Gasteiger partial charge in [0, 0.05) is 0 Å². The summed E-state index contributed by atoms with van der Waals surface area (Å²) in [7, 11) is 0. The second kappa shape index (κ2) is 5.73. The van der Waals surface area contributed by atoms with E-state index >= 15 is 0 Å². The van der Waals surface area contributed by atoms with Gasteiger partial charge in [0.15, 0.2) is 0 Å². The van der Waals surface area contributed by atoms with Gasteiger partial charge in [-0.05, 0) is 32.6 Å². The van der Waals surface area contributed by atoms with E-state index in [1.807, 2.05) is 0 Å². The molecule has 0 spiro atoms. The summed E-state index contributed by atoms with van der Waals surface area (Å²) < 4.78 is 85.4. The molecule has 0 radical (unpaired) electrons. The Morgan fingerprint density at radius 2 is 1.29 bits per heavy atom. The molecular weight excluding hydrogens is 253 g/mol. The first-order chi connectivity index (χ1) is 7.56. The molecule has 0 rings (SSSR count). The molecule has 0 saturated heterocycles. The highest BCUT2D eigenvalue weighted by Crippen LogP contribution is 2.49. The van der Waals surface area contributed by atoms with Crippen molar-refractivity contribution in [2.24, 2.45) is 0 Å². The van der Waals surface area contributed by atoms with Gasteiger partial charge in [-0.1, -0.05) is 12.2 Å². The van der Waals surface area contributed by atoms with Crippen LogP contribution in [0, 0.1) is 0 Å². The van der Waals surface area contributed by atoms with Gasteiger partial charge in [0.2, 0.25) is 0 Å². The summed E-state index contributed by atoms with van der Waals surface area (Å²) >= 11 is 0. The van der Waals surface area contributed by atoms with E-state index in [2.05, 4.69) is 0 Å². The molecular formula is C10H13F7. The summed E-state index contributed by atoms with van der Waals surface area (Å²) in [5.41, 5.74) is -5.10. The summed E-state index contributed by atoms with van der Waals surface area (Å²) in [6.07, 6.45) is -10.3. The molecule has 0 amide bonds. The fourth-order valence-corrected chi connectivity index (χ4v) is 1.24. The quantitative estimate of drug-likeness (QED) is 0.375. The fourth-order valence-electron chi connectivity index (χ4n) is 1.24. The molecule has 0 N–H and O–H groups in total. The normalized spacial score (nSPS) is 14.6. The minimum atomic E-state index is -5.92. The van der Waals surface area contributed by atoms with Gasteiger partial charge in [-0.2, -0.15) is 26.3 Å². The third-order valence-electron chi connectivity index (χ3n) is 2.28. The largest absolute Gasteiger partial charge is 0.431 e. The molecule has 0 nitrogen and oxygen atoms in total. The van der Waals surface area contributed by atoms with Gasteiger partial charge in [0.25, 0.3) is 5.67 Å². The smallest absolute Gasteiger partial charge is 0.224 e. The molecule has 0 bridgehead atoms. The summed E-state index contributed by atoms with van der Waals surface area (Å²) in [6, 6.07) is 0. The Labute approximate surface area is 94.5 Å². The first-order valence-corrected chi connectivity index (χ1v) is 5.00. The molecule has 0 unspecified atom stereocenters. The second-order valence-electron chi connectivity index (χ2n) is 3.61. The van der Waals surface area contributed by atoms with Crippen LogP contribution in [0.3, 0.4) is 0 Å². The molecule has 0 aromatic carbocycles. The zero-order chi connectivity index (χ0) is 13.7. The molecule has 0 aromatic heterocycles. The number of allylic oxidation sites excluding steroid dienone is 2. The van der Waals surface area contributed by atoms with Crippen LogP contribution in [0.2, 0.25) is 0 Å². The van der Waals surface area contributed by atoms with Gasteiger partial charge < -0.3 is 0 Å². The summed E-state index contributed by atoms with van der Waals surface area (Å²) in [5, 5.41) is 0. The number of alkyl halides is 7. The Hall–Kier alpha value is -0.750. The van der Waals surface area contributed by atoms with Crippen LogP contribution in [0.5, 0.6) is 0 Å². The van der Waals surface area contributed by atoms with Gasteiger partial charge in [0.1, 0.15) is 0 Å². The summed E-state index contributed by atoms with van der Waals surface area (Å²) in [6.45, 7) is 1.67. The lowest BCUT2D eigenvalue weighted by Gasteiger charge is -2.29. The average Bonchev–Trinajstić information content (AvgIpc) is 2.13. The summed E-state index contributed by atoms with van der Waals surface area (Å²) in [4.78, 5) is 0. The Balaban J connectivity index is 4.54. The first-order valence-electron chi connectivity index (χ1n) is 5.00. The Bertz CT molecular complexity index is 234. The highest BCUT2D eigenvalue weighted by Gasteiger charge is 2.71. The molecule has 0 heterocycles. The molecule has 0 aromatic rings. The highest BCUT2D eigenvalue weighted by molar-refractivity contribution is 4.94. The van der Waals surface area contributed by atoms with Gasteiger partial charge >= 0.3 is 12.4 Å². The Morgan fingerprint density at radius 1 is 0.824 bits per heavy atom. The average molecular weight is 266 g/mol. The second-order valence-corrected chi connectivity index (χ2v) is 3.61. The highest BCUT2D eigenvalue weighted by atomic mass is 19.4.